The van der Waals surface area contributed by atoms with Crippen LogP contribution in [-0.2, 0) is 17.6 Å². The summed E-state index contributed by atoms with van der Waals surface area (Å²) >= 11 is 1.56. The summed E-state index contributed by atoms with van der Waals surface area (Å²) in [6, 6.07) is 12.4. The second-order valence-corrected chi connectivity index (χ2v) is 8.04. The Balaban J connectivity index is 1.87. The molecule has 1 aromatic heterocycles. The predicted octanol–water partition coefficient (Wildman–Crippen LogP) is 4.92. The molecule has 0 aliphatic carbocycles. The number of anilines is 1. The molecule has 3 aromatic rings. The molecule has 3 rings (SSSR count). The highest BCUT2D eigenvalue weighted by Crippen LogP contribution is 2.30. The van der Waals surface area contributed by atoms with Crippen LogP contribution in [-0.4, -0.2) is 42.0 Å². The summed E-state index contributed by atoms with van der Waals surface area (Å²) < 4.78 is 14.3. The van der Waals surface area contributed by atoms with Gasteiger partial charge in [0.05, 0.1) is 16.6 Å². The zero-order chi connectivity index (χ0) is 20.8. The van der Waals surface area contributed by atoms with E-state index in [4.69, 9.17) is 4.98 Å². The lowest BCUT2D eigenvalue weighted by Crippen LogP contribution is -2.39. The molecule has 0 aliphatic rings. The Morgan fingerprint density at radius 3 is 2.34 bits per heavy atom. The Morgan fingerprint density at radius 2 is 1.69 bits per heavy atom. The van der Waals surface area contributed by atoms with Crippen molar-refractivity contribution in [1.29, 1.82) is 0 Å². The highest BCUT2D eigenvalue weighted by molar-refractivity contribution is 7.22. The van der Waals surface area contributed by atoms with Gasteiger partial charge >= 0.3 is 0 Å². The zero-order valence-corrected chi connectivity index (χ0v) is 18.1. The number of fused-ring (bicyclic) bond motifs is 1. The molecule has 154 valence electrons. The predicted molar refractivity (Wildman–Crippen MR) is 119 cm³/mol. The van der Waals surface area contributed by atoms with Crippen LogP contribution in [0.1, 0.15) is 31.9 Å². The minimum atomic E-state index is -0.294. The molecule has 1 heterocycles. The monoisotopic (exact) mass is 413 g/mol. The van der Waals surface area contributed by atoms with Crippen LogP contribution >= 0.6 is 11.3 Å². The molecule has 0 radical (unpaired) electrons. The number of aryl methyl sites for hydroxylation is 1. The first-order valence-corrected chi connectivity index (χ1v) is 11.0. The lowest BCUT2D eigenvalue weighted by molar-refractivity contribution is -0.118. The molecule has 2 aromatic carbocycles. The molecule has 29 heavy (non-hydrogen) atoms. The Hall–Kier alpha value is -2.31. The van der Waals surface area contributed by atoms with Gasteiger partial charge in [0.15, 0.2) is 5.13 Å². The van der Waals surface area contributed by atoms with Gasteiger partial charge < -0.3 is 4.90 Å². The first-order chi connectivity index (χ1) is 14.0. The maximum absolute atomic E-state index is 13.2. The first kappa shape index (κ1) is 21.4. The van der Waals surface area contributed by atoms with Crippen molar-refractivity contribution in [2.75, 3.05) is 31.1 Å². The standard InChI is InChI=1S/C23H28FN3OS/c1-4-17-9-12-20-21(15-17)29-23(25-20)27(14-13-26(5-2)6-3)22(28)16-18-7-10-19(24)11-8-18/h7-12,15H,4-6,13-14,16H2,1-3H3. The number of halogens is 1. The molecule has 0 fully saturated rings. The fraction of sp³-hybridized carbons (Fsp3) is 0.391. The van der Waals surface area contributed by atoms with Crippen LogP contribution in [0.15, 0.2) is 42.5 Å². The molecule has 0 N–H and O–H groups in total. The quantitative estimate of drug-likeness (QED) is 0.500. The van der Waals surface area contributed by atoms with E-state index in [2.05, 4.69) is 37.8 Å². The van der Waals surface area contributed by atoms with Crippen LogP contribution in [0.4, 0.5) is 9.52 Å². The van der Waals surface area contributed by atoms with Gasteiger partial charge in [-0.2, -0.15) is 0 Å². The summed E-state index contributed by atoms with van der Waals surface area (Å²) in [7, 11) is 0. The second-order valence-electron chi connectivity index (χ2n) is 7.03. The van der Waals surface area contributed by atoms with Crippen LogP contribution in [0.5, 0.6) is 0 Å². The summed E-state index contributed by atoms with van der Waals surface area (Å²) in [6.45, 7) is 9.63. The molecule has 1 amide bonds. The highest BCUT2D eigenvalue weighted by atomic mass is 32.1. The van der Waals surface area contributed by atoms with Crippen LogP contribution in [0.3, 0.4) is 0 Å². The highest BCUT2D eigenvalue weighted by Gasteiger charge is 2.21. The van der Waals surface area contributed by atoms with Gasteiger partial charge in [-0.1, -0.05) is 50.3 Å². The number of amides is 1. The Bertz CT molecular complexity index is 950. The largest absolute Gasteiger partial charge is 0.302 e. The van der Waals surface area contributed by atoms with E-state index in [1.807, 2.05) is 6.07 Å². The number of hydrogen-bond acceptors (Lipinski definition) is 4. The number of nitrogens with zero attached hydrogens (tertiary/aromatic N) is 3. The molecule has 0 bridgehead atoms. The summed E-state index contributed by atoms with van der Waals surface area (Å²) in [5, 5.41) is 0.729. The van der Waals surface area contributed by atoms with Gasteiger partial charge in [-0.3, -0.25) is 9.69 Å². The summed E-state index contributed by atoms with van der Waals surface area (Å²) in [4.78, 5) is 22.0. The van der Waals surface area contributed by atoms with Gasteiger partial charge in [-0.05, 0) is 54.9 Å². The second kappa shape index (κ2) is 9.94. The first-order valence-electron chi connectivity index (χ1n) is 10.2. The Morgan fingerprint density at radius 1 is 1.00 bits per heavy atom. The minimum absolute atomic E-state index is 0.0152. The van der Waals surface area contributed by atoms with Crippen molar-refractivity contribution in [1.82, 2.24) is 9.88 Å². The molecule has 0 saturated heterocycles. The van der Waals surface area contributed by atoms with Crippen molar-refractivity contribution in [3.63, 3.8) is 0 Å². The number of carbonyl (C=O) groups excluding carboxylic acids is 1. The lowest BCUT2D eigenvalue weighted by Gasteiger charge is -2.24. The molecule has 0 unspecified atom stereocenters. The number of thiazole rings is 1. The molecule has 6 heteroatoms. The fourth-order valence-electron chi connectivity index (χ4n) is 3.27. The summed E-state index contributed by atoms with van der Waals surface area (Å²) in [5.41, 5.74) is 2.99. The SMILES string of the molecule is CCc1ccc2nc(N(CCN(CC)CC)C(=O)Cc3ccc(F)cc3)sc2c1. The average molecular weight is 414 g/mol. The summed E-state index contributed by atoms with van der Waals surface area (Å²) in [6.07, 6.45) is 1.20. The maximum atomic E-state index is 13.2. The van der Waals surface area contributed by atoms with E-state index in [-0.39, 0.29) is 18.1 Å². The smallest absolute Gasteiger partial charge is 0.233 e. The molecule has 0 spiro atoms. The van der Waals surface area contributed by atoms with Gasteiger partial charge in [-0.25, -0.2) is 9.37 Å². The van der Waals surface area contributed by atoms with E-state index in [0.717, 1.165) is 47.0 Å². The molecule has 0 saturated carbocycles. The molecule has 0 atom stereocenters. The molecule has 0 aliphatic heterocycles. The summed E-state index contributed by atoms with van der Waals surface area (Å²) in [5.74, 6) is -0.309. The van der Waals surface area contributed by atoms with Crippen molar-refractivity contribution < 1.29 is 9.18 Å². The van der Waals surface area contributed by atoms with Gasteiger partial charge in [0.25, 0.3) is 0 Å². The maximum Gasteiger partial charge on any atom is 0.233 e. The van der Waals surface area contributed by atoms with Crippen molar-refractivity contribution >= 4 is 32.6 Å². The average Bonchev–Trinajstić information content (AvgIpc) is 3.15. The number of carbonyl (C=O) groups is 1. The van der Waals surface area contributed by atoms with Crippen LogP contribution in [0, 0.1) is 5.82 Å². The van der Waals surface area contributed by atoms with Crippen LogP contribution in [0.25, 0.3) is 10.2 Å². The van der Waals surface area contributed by atoms with Gasteiger partial charge in [-0.15, -0.1) is 0 Å². The number of rotatable bonds is 9. The van der Waals surface area contributed by atoms with E-state index >= 15 is 0 Å². The van der Waals surface area contributed by atoms with Crippen molar-refractivity contribution in [3.8, 4) is 0 Å². The van der Waals surface area contributed by atoms with Gasteiger partial charge in [0.2, 0.25) is 5.91 Å². The number of hydrogen-bond donors (Lipinski definition) is 0. The minimum Gasteiger partial charge on any atom is -0.302 e. The molecule has 4 nitrogen and oxygen atoms in total. The number of aromatic nitrogens is 1. The van der Waals surface area contributed by atoms with Crippen LogP contribution in [0.2, 0.25) is 0 Å². The topological polar surface area (TPSA) is 36.4 Å². The van der Waals surface area contributed by atoms with E-state index in [1.54, 1.807) is 28.4 Å². The molecular weight excluding hydrogens is 385 g/mol. The van der Waals surface area contributed by atoms with Gasteiger partial charge in [0, 0.05) is 13.1 Å². The lowest BCUT2D eigenvalue weighted by atomic mass is 10.1. The van der Waals surface area contributed by atoms with Crippen LogP contribution < -0.4 is 4.90 Å². The van der Waals surface area contributed by atoms with Crippen molar-refractivity contribution in [3.05, 3.63) is 59.4 Å². The van der Waals surface area contributed by atoms with E-state index < -0.39 is 0 Å². The van der Waals surface area contributed by atoms with E-state index in [0.29, 0.717) is 6.54 Å². The van der Waals surface area contributed by atoms with Gasteiger partial charge in [0.1, 0.15) is 5.82 Å². The van der Waals surface area contributed by atoms with Crippen molar-refractivity contribution in [2.45, 2.75) is 33.6 Å². The Labute approximate surface area is 176 Å². The van der Waals surface area contributed by atoms with E-state index in [1.165, 1.54) is 17.7 Å². The third-order valence-electron chi connectivity index (χ3n) is 5.18. The third kappa shape index (κ3) is 5.40. The zero-order valence-electron chi connectivity index (χ0n) is 17.3. The molecular formula is C23H28FN3OS. The van der Waals surface area contributed by atoms with Crippen molar-refractivity contribution in [2.24, 2.45) is 0 Å². The fourth-order valence-corrected chi connectivity index (χ4v) is 4.35. The Kier molecular flexibility index (Phi) is 7.34. The number of benzene rings is 2. The normalized spacial score (nSPS) is 11.3. The third-order valence-corrected chi connectivity index (χ3v) is 6.23. The van der Waals surface area contributed by atoms with E-state index in [9.17, 15) is 9.18 Å². The number of likely N-dealkylation sites (N-methyl/N-ethyl adjacent to an activating group) is 1.